The van der Waals surface area contributed by atoms with Crippen molar-refractivity contribution >= 4 is 11.7 Å². The van der Waals surface area contributed by atoms with Crippen molar-refractivity contribution in [3.8, 4) is 11.1 Å². The fraction of sp³-hybridized carbons (Fsp3) is 0.583. The van der Waals surface area contributed by atoms with E-state index in [-0.39, 0.29) is 34.9 Å². The van der Waals surface area contributed by atoms with Crippen LogP contribution in [0.5, 0.6) is 0 Å². The SMILES string of the molecule is CC(C)(O)c1ccc(-c2cccc(N(CC34CCC(c5noc(C(C)(C)F)n5)(CC3)CC4)C(=O)NC3CCC(O)CC3)c2)cc1. The lowest BCUT2D eigenvalue weighted by atomic mass is 9.53. The van der Waals surface area contributed by atoms with E-state index < -0.39 is 11.3 Å². The molecule has 4 fully saturated rings. The third-order valence-electron chi connectivity index (χ3n) is 10.7. The molecule has 0 spiro atoms. The first-order valence-corrected chi connectivity index (χ1v) is 16.5. The van der Waals surface area contributed by atoms with Crippen molar-refractivity contribution in [2.75, 3.05) is 11.4 Å². The largest absolute Gasteiger partial charge is 0.393 e. The Balaban J connectivity index is 1.24. The number of benzene rings is 2. The van der Waals surface area contributed by atoms with Crippen LogP contribution < -0.4 is 10.2 Å². The van der Waals surface area contributed by atoms with Gasteiger partial charge in [0.2, 0.25) is 0 Å². The number of aromatic nitrogens is 2. The average molecular weight is 619 g/mol. The standard InChI is InChI=1S/C36H47FN4O4/c1-33(2,37)31-39-30(40-45-31)36-19-16-35(17-20-36,18-21-36)23-41(32(43)38-27-12-14-29(42)15-13-27)28-7-5-6-25(22-28)24-8-10-26(11-9-24)34(3,4)44/h5-11,22,27,29,42,44H,12-21,23H2,1-4H3,(H,38,43). The minimum absolute atomic E-state index is 0.0296. The first-order chi connectivity index (χ1) is 21.3. The van der Waals surface area contributed by atoms with Crippen LogP contribution in [-0.2, 0) is 16.7 Å². The van der Waals surface area contributed by atoms with Gasteiger partial charge in [0.1, 0.15) is 0 Å². The van der Waals surface area contributed by atoms with E-state index >= 15 is 0 Å². The van der Waals surface area contributed by atoms with Gasteiger partial charge in [-0.3, -0.25) is 4.90 Å². The van der Waals surface area contributed by atoms with E-state index in [2.05, 4.69) is 21.5 Å². The number of fused-ring (bicyclic) bond motifs is 3. The lowest BCUT2D eigenvalue weighted by Gasteiger charge is -2.53. The van der Waals surface area contributed by atoms with Gasteiger partial charge in [0.15, 0.2) is 11.5 Å². The van der Waals surface area contributed by atoms with Gasteiger partial charge in [0.05, 0.1) is 11.7 Å². The maximum atomic E-state index is 14.5. The highest BCUT2D eigenvalue weighted by atomic mass is 19.1. The van der Waals surface area contributed by atoms with Crippen LogP contribution >= 0.6 is 0 Å². The topological polar surface area (TPSA) is 112 Å². The Morgan fingerprint density at radius 3 is 2.20 bits per heavy atom. The number of aliphatic hydroxyl groups excluding tert-OH is 1. The fourth-order valence-electron chi connectivity index (χ4n) is 7.53. The van der Waals surface area contributed by atoms with E-state index in [9.17, 15) is 19.4 Å². The summed E-state index contributed by atoms with van der Waals surface area (Å²) < 4.78 is 19.8. The summed E-state index contributed by atoms with van der Waals surface area (Å²) in [5.41, 5.74) is 0.857. The molecule has 9 heteroatoms. The van der Waals surface area contributed by atoms with Gasteiger partial charge in [-0.05, 0) is 126 Å². The molecule has 0 unspecified atom stereocenters. The zero-order chi connectivity index (χ0) is 32.0. The summed E-state index contributed by atoms with van der Waals surface area (Å²) in [6.45, 7) is 7.01. The Labute approximate surface area is 265 Å². The Kier molecular flexibility index (Phi) is 8.31. The molecule has 0 radical (unpaired) electrons. The molecule has 45 heavy (non-hydrogen) atoms. The minimum Gasteiger partial charge on any atom is -0.393 e. The first kappa shape index (κ1) is 31.7. The molecular formula is C36H47FN4O4. The van der Waals surface area contributed by atoms with E-state index in [0.717, 1.165) is 73.7 Å². The number of hydrogen-bond acceptors (Lipinski definition) is 6. The first-order valence-electron chi connectivity index (χ1n) is 16.5. The fourth-order valence-corrected chi connectivity index (χ4v) is 7.53. The summed E-state index contributed by atoms with van der Waals surface area (Å²) in [5, 5.41) is 27.9. The highest BCUT2D eigenvalue weighted by molar-refractivity contribution is 5.93. The van der Waals surface area contributed by atoms with Gasteiger partial charge in [0.25, 0.3) is 5.89 Å². The van der Waals surface area contributed by atoms with Gasteiger partial charge in [-0.2, -0.15) is 4.98 Å². The van der Waals surface area contributed by atoms with Crippen molar-refractivity contribution in [3.05, 3.63) is 65.8 Å². The molecule has 2 bridgehead atoms. The maximum absolute atomic E-state index is 14.5. The quantitative estimate of drug-likeness (QED) is 0.245. The van der Waals surface area contributed by atoms with Gasteiger partial charge in [-0.25, -0.2) is 9.18 Å². The average Bonchev–Trinajstić information content (AvgIpc) is 3.54. The summed E-state index contributed by atoms with van der Waals surface area (Å²) in [7, 11) is 0. The zero-order valence-corrected chi connectivity index (χ0v) is 27.0. The molecule has 4 saturated carbocycles. The van der Waals surface area contributed by atoms with Crippen molar-refractivity contribution in [2.45, 2.75) is 121 Å². The number of aliphatic hydroxyl groups is 2. The molecule has 0 aliphatic heterocycles. The van der Waals surface area contributed by atoms with Crippen molar-refractivity contribution < 1.29 is 23.9 Å². The number of anilines is 1. The van der Waals surface area contributed by atoms with Crippen LogP contribution in [0.1, 0.15) is 109 Å². The van der Waals surface area contributed by atoms with E-state index in [1.807, 2.05) is 47.4 Å². The number of nitrogens with zero attached hydrogens (tertiary/aromatic N) is 3. The van der Waals surface area contributed by atoms with Crippen LogP contribution in [0.3, 0.4) is 0 Å². The monoisotopic (exact) mass is 618 g/mol. The lowest BCUT2D eigenvalue weighted by Crippen LogP contribution is -2.54. The summed E-state index contributed by atoms with van der Waals surface area (Å²) in [4.78, 5) is 20.5. The molecular weight excluding hydrogens is 571 g/mol. The second-order valence-electron chi connectivity index (χ2n) is 14.9. The van der Waals surface area contributed by atoms with Gasteiger partial charge in [-0.1, -0.05) is 41.6 Å². The molecule has 0 saturated heterocycles. The molecule has 2 amide bonds. The summed E-state index contributed by atoms with van der Waals surface area (Å²) in [6, 6.07) is 16.0. The predicted octanol–water partition coefficient (Wildman–Crippen LogP) is 7.28. The van der Waals surface area contributed by atoms with Crippen molar-refractivity contribution in [2.24, 2.45) is 5.41 Å². The molecule has 1 heterocycles. The number of hydrogen-bond donors (Lipinski definition) is 3. The molecule has 7 rings (SSSR count). The molecule has 4 aliphatic carbocycles. The number of halogens is 1. The van der Waals surface area contributed by atoms with E-state index in [1.165, 1.54) is 13.8 Å². The van der Waals surface area contributed by atoms with Crippen LogP contribution in [0.4, 0.5) is 14.9 Å². The maximum Gasteiger partial charge on any atom is 0.322 e. The molecule has 4 aliphatic rings. The van der Waals surface area contributed by atoms with Crippen LogP contribution in [0.2, 0.25) is 0 Å². The Morgan fingerprint density at radius 2 is 1.62 bits per heavy atom. The number of carbonyl (C=O) groups is 1. The van der Waals surface area contributed by atoms with Gasteiger partial charge < -0.3 is 20.1 Å². The summed E-state index contributed by atoms with van der Waals surface area (Å²) in [6.07, 6.45) is 8.05. The molecule has 2 aromatic carbocycles. The van der Waals surface area contributed by atoms with Crippen molar-refractivity contribution in [3.63, 3.8) is 0 Å². The normalized spacial score (nSPS) is 26.9. The number of nitrogens with one attached hydrogen (secondary N) is 1. The van der Waals surface area contributed by atoms with Gasteiger partial charge in [0, 0.05) is 23.7 Å². The van der Waals surface area contributed by atoms with Crippen LogP contribution in [0.25, 0.3) is 11.1 Å². The molecule has 8 nitrogen and oxygen atoms in total. The van der Waals surface area contributed by atoms with Gasteiger partial charge in [-0.15, -0.1) is 0 Å². The molecule has 242 valence electrons. The predicted molar refractivity (Wildman–Crippen MR) is 172 cm³/mol. The highest BCUT2D eigenvalue weighted by Gasteiger charge is 2.53. The van der Waals surface area contributed by atoms with E-state index in [1.54, 1.807) is 13.8 Å². The minimum atomic E-state index is -1.68. The number of urea groups is 1. The second-order valence-corrected chi connectivity index (χ2v) is 14.9. The van der Waals surface area contributed by atoms with E-state index in [4.69, 9.17) is 4.52 Å². The number of carbonyl (C=O) groups excluding carboxylic acids is 1. The molecule has 3 aromatic rings. The van der Waals surface area contributed by atoms with Crippen LogP contribution in [-0.4, -0.2) is 45.1 Å². The third-order valence-corrected chi connectivity index (χ3v) is 10.7. The van der Waals surface area contributed by atoms with Gasteiger partial charge >= 0.3 is 6.03 Å². The van der Waals surface area contributed by atoms with Crippen LogP contribution in [0.15, 0.2) is 53.1 Å². The number of rotatable bonds is 8. The third kappa shape index (κ3) is 6.66. The zero-order valence-electron chi connectivity index (χ0n) is 27.0. The molecule has 3 N–H and O–H groups in total. The van der Waals surface area contributed by atoms with Crippen molar-refractivity contribution in [1.82, 2.24) is 15.5 Å². The summed E-state index contributed by atoms with van der Waals surface area (Å²) in [5.74, 6) is 0.649. The molecule has 0 atom stereocenters. The van der Waals surface area contributed by atoms with Crippen LogP contribution in [0, 0.1) is 5.41 Å². The Bertz CT molecular complexity index is 1470. The Hall–Kier alpha value is -3.30. The Morgan fingerprint density at radius 1 is 0.978 bits per heavy atom. The number of alkyl halides is 1. The second kappa shape index (κ2) is 11.8. The smallest absolute Gasteiger partial charge is 0.322 e. The summed E-state index contributed by atoms with van der Waals surface area (Å²) >= 11 is 0. The van der Waals surface area contributed by atoms with E-state index in [0.29, 0.717) is 25.2 Å². The molecule has 1 aromatic heterocycles. The number of amides is 2. The van der Waals surface area contributed by atoms with Crippen molar-refractivity contribution in [1.29, 1.82) is 0 Å². The lowest BCUT2D eigenvalue weighted by molar-refractivity contribution is 0.0405. The highest BCUT2D eigenvalue weighted by Crippen LogP contribution is 2.57.